The molecule has 0 saturated carbocycles. The van der Waals surface area contributed by atoms with Gasteiger partial charge in [0.25, 0.3) is 0 Å². The van der Waals surface area contributed by atoms with Crippen molar-refractivity contribution in [1.29, 1.82) is 0 Å². The van der Waals surface area contributed by atoms with Crippen LogP contribution in [0.3, 0.4) is 0 Å². The van der Waals surface area contributed by atoms with Crippen molar-refractivity contribution in [2.24, 2.45) is 0 Å². The second-order valence-corrected chi connectivity index (χ2v) is 6.63. The fourth-order valence-corrected chi connectivity index (χ4v) is 3.07. The van der Waals surface area contributed by atoms with Crippen LogP contribution < -0.4 is 5.32 Å². The molecule has 0 spiro atoms. The summed E-state index contributed by atoms with van der Waals surface area (Å²) in [6, 6.07) is 11.0. The molecule has 0 unspecified atom stereocenters. The lowest BCUT2D eigenvalue weighted by Gasteiger charge is -2.15. The zero-order valence-corrected chi connectivity index (χ0v) is 14.7. The first-order valence-electron chi connectivity index (χ1n) is 7.85. The Morgan fingerprint density at radius 1 is 1.19 bits per heavy atom. The lowest BCUT2D eigenvalue weighted by Crippen LogP contribution is -2.28. The van der Waals surface area contributed by atoms with Crippen LogP contribution in [0, 0.1) is 11.6 Å². The first-order valence-corrected chi connectivity index (χ1v) is 8.83. The smallest absolute Gasteiger partial charge is 0.230 e. The van der Waals surface area contributed by atoms with E-state index in [0.29, 0.717) is 4.90 Å². The highest BCUT2D eigenvalue weighted by atomic mass is 32.2. The van der Waals surface area contributed by atoms with E-state index in [-0.39, 0.29) is 17.7 Å². The number of aromatic nitrogens is 3. The van der Waals surface area contributed by atoms with E-state index in [0.717, 1.165) is 35.1 Å². The molecule has 26 heavy (non-hydrogen) atoms. The van der Waals surface area contributed by atoms with E-state index in [9.17, 15) is 13.6 Å². The van der Waals surface area contributed by atoms with E-state index in [1.54, 1.807) is 11.0 Å². The summed E-state index contributed by atoms with van der Waals surface area (Å²) in [6.45, 7) is 1.88. The van der Waals surface area contributed by atoms with Crippen molar-refractivity contribution in [3.8, 4) is 5.69 Å². The zero-order valence-electron chi connectivity index (χ0n) is 13.9. The average molecular weight is 374 g/mol. The summed E-state index contributed by atoms with van der Waals surface area (Å²) < 4.78 is 27.7. The van der Waals surface area contributed by atoms with E-state index in [1.165, 1.54) is 12.4 Å². The van der Waals surface area contributed by atoms with Crippen LogP contribution in [0.5, 0.6) is 0 Å². The molecule has 0 aliphatic heterocycles. The van der Waals surface area contributed by atoms with Crippen molar-refractivity contribution < 1.29 is 13.6 Å². The first-order chi connectivity index (χ1) is 12.5. The Labute approximate surface area is 153 Å². The number of hydrogen-bond acceptors (Lipinski definition) is 4. The second-order valence-electron chi connectivity index (χ2n) is 5.59. The molecule has 8 heteroatoms. The monoisotopic (exact) mass is 374 g/mol. The third-order valence-corrected chi connectivity index (χ3v) is 4.71. The molecule has 1 aromatic heterocycles. The van der Waals surface area contributed by atoms with Crippen molar-refractivity contribution in [2.75, 3.05) is 5.75 Å². The summed E-state index contributed by atoms with van der Waals surface area (Å²) in [5, 5.41) is 6.94. The van der Waals surface area contributed by atoms with E-state index in [2.05, 4.69) is 15.4 Å². The Hall–Kier alpha value is -2.74. The maximum absolute atomic E-state index is 13.2. The minimum Gasteiger partial charge on any atom is -0.349 e. The summed E-state index contributed by atoms with van der Waals surface area (Å²) in [6.07, 6.45) is 3.07. The number of carbonyl (C=O) groups is 1. The summed E-state index contributed by atoms with van der Waals surface area (Å²) in [4.78, 5) is 16.5. The molecule has 0 aliphatic rings. The summed E-state index contributed by atoms with van der Waals surface area (Å²) in [7, 11) is 0. The van der Waals surface area contributed by atoms with Gasteiger partial charge in [-0.25, -0.2) is 18.4 Å². The Morgan fingerprint density at radius 2 is 1.96 bits per heavy atom. The predicted octanol–water partition coefficient (Wildman–Crippen LogP) is 3.52. The molecular weight excluding hydrogens is 358 g/mol. The van der Waals surface area contributed by atoms with Gasteiger partial charge in [-0.15, -0.1) is 11.8 Å². The van der Waals surface area contributed by atoms with Gasteiger partial charge in [-0.1, -0.05) is 12.1 Å². The molecule has 3 aromatic rings. The minimum absolute atomic E-state index is 0.118. The molecule has 1 N–H and O–H groups in total. The Kier molecular flexibility index (Phi) is 5.62. The highest BCUT2D eigenvalue weighted by Gasteiger charge is 2.11. The van der Waals surface area contributed by atoms with Gasteiger partial charge in [0.15, 0.2) is 11.6 Å². The molecule has 0 radical (unpaired) electrons. The molecule has 2 aromatic carbocycles. The highest BCUT2D eigenvalue weighted by molar-refractivity contribution is 8.00. The highest BCUT2D eigenvalue weighted by Crippen LogP contribution is 2.21. The number of carbonyl (C=O) groups excluding carboxylic acids is 1. The van der Waals surface area contributed by atoms with Crippen molar-refractivity contribution in [1.82, 2.24) is 20.1 Å². The van der Waals surface area contributed by atoms with Gasteiger partial charge in [-0.2, -0.15) is 5.10 Å². The number of amides is 1. The zero-order chi connectivity index (χ0) is 18.5. The summed E-state index contributed by atoms with van der Waals surface area (Å²) in [5.41, 5.74) is 1.82. The lowest BCUT2D eigenvalue weighted by atomic mass is 10.1. The van der Waals surface area contributed by atoms with Gasteiger partial charge in [-0.3, -0.25) is 4.79 Å². The van der Waals surface area contributed by atoms with Crippen LogP contribution in [0.1, 0.15) is 18.5 Å². The van der Waals surface area contributed by atoms with Gasteiger partial charge in [0.05, 0.1) is 17.5 Å². The van der Waals surface area contributed by atoms with Crippen molar-refractivity contribution in [3.05, 3.63) is 72.3 Å². The van der Waals surface area contributed by atoms with Crippen LogP contribution in [0.2, 0.25) is 0 Å². The molecule has 1 amide bonds. The third kappa shape index (κ3) is 4.45. The largest absolute Gasteiger partial charge is 0.349 e. The quantitative estimate of drug-likeness (QED) is 0.671. The Bertz CT molecular complexity index is 885. The van der Waals surface area contributed by atoms with Crippen LogP contribution in [0.15, 0.2) is 60.0 Å². The Morgan fingerprint density at radius 3 is 2.62 bits per heavy atom. The molecule has 0 fully saturated rings. The van der Waals surface area contributed by atoms with Crippen LogP contribution >= 0.6 is 11.8 Å². The number of hydrogen-bond donors (Lipinski definition) is 1. The van der Waals surface area contributed by atoms with E-state index in [1.807, 2.05) is 31.2 Å². The number of nitrogens with zero attached hydrogens (tertiary/aromatic N) is 3. The van der Waals surface area contributed by atoms with Gasteiger partial charge < -0.3 is 5.32 Å². The van der Waals surface area contributed by atoms with E-state index in [4.69, 9.17) is 0 Å². The number of thioether (sulfide) groups is 1. The molecule has 134 valence electrons. The fraction of sp³-hybridized carbons (Fsp3) is 0.167. The molecule has 0 aliphatic carbocycles. The van der Waals surface area contributed by atoms with E-state index >= 15 is 0 Å². The molecule has 0 saturated heterocycles. The van der Waals surface area contributed by atoms with E-state index < -0.39 is 11.6 Å². The predicted molar refractivity (Wildman–Crippen MR) is 95.0 cm³/mol. The second kappa shape index (κ2) is 8.09. The standard InChI is InChI=1S/C18H16F2N4OS/c1-12(13-2-4-14(5-3-13)24-11-21-10-22-24)23-18(25)9-26-15-6-7-16(19)17(20)8-15/h2-8,10-12H,9H2,1H3,(H,23,25)/t12-/m0/s1. The molecule has 0 bridgehead atoms. The van der Waals surface area contributed by atoms with Crippen molar-refractivity contribution in [3.63, 3.8) is 0 Å². The Balaban J connectivity index is 1.54. The van der Waals surface area contributed by atoms with Gasteiger partial charge in [0.2, 0.25) is 5.91 Å². The topological polar surface area (TPSA) is 59.8 Å². The molecule has 3 rings (SSSR count). The molecule has 1 heterocycles. The van der Waals surface area contributed by atoms with Crippen molar-refractivity contribution >= 4 is 17.7 Å². The third-order valence-electron chi connectivity index (χ3n) is 3.71. The fourth-order valence-electron chi connectivity index (χ4n) is 2.34. The van der Waals surface area contributed by atoms with Crippen LogP contribution in [0.4, 0.5) is 8.78 Å². The summed E-state index contributed by atoms with van der Waals surface area (Å²) in [5.74, 6) is -1.89. The number of benzene rings is 2. The number of halogens is 2. The van der Waals surface area contributed by atoms with Crippen LogP contribution in [-0.4, -0.2) is 26.4 Å². The molecular formula is C18H16F2N4OS. The molecule has 1 atom stereocenters. The van der Waals surface area contributed by atoms with Crippen molar-refractivity contribution in [2.45, 2.75) is 17.9 Å². The number of rotatable bonds is 6. The van der Waals surface area contributed by atoms with Gasteiger partial charge in [-0.05, 0) is 42.8 Å². The maximum Gasteiger partial charge on any atom is 0.230 e. The lowest BCUT2D eigenvalue weighted by molar-refractivity contribution is -0.119. The van der Waals surface area contributed by atoms with Gasteiger partial charge in [0.1, 0.15) is 12.7 Å². The van der Waals surface area contributed by atoms with Crippen LogP contribution in [-0.2, 0) is 4.79 Å². The van der Waals surface area contributed by atoms with Gasteiger partial charge >= 0.3 is 0 Å². The van der Waals surface area contributed by atoms with Crippen LogP contribution in [0.25, 0.3) is 5.69 Å². The summed E-state index contributed by atoms with van der Waals surface area (Å²) >= 11 is 1.15. The molecule has 5 nitrogen and oxygen atoms in total. The maximum atomic E-state index is 13.2. The number of nitrogens with one attached hydrogen (secondary N) is 1. The SMILES string of the molecule is C[C@H](NC(=O)CSc1ccc(F)c(F)c1)c1ccc(-n2cncn2)cc1. The minimum atomic E-state index is -0.920. The average Bonchev–Trinajstić information content (AvgIpc) is 3.17. The first kappa shape index (κ1) is 18.1. The normalized spacial score (nSPS) is 12.0. The van der Waals surface area contributed by atoms with Gasteiger partial charge in [0, 0.05) is 4.90 Å².